The highest BCUT2D eigenvalue weighted by atomic mass is 35.5. The third-order valence-corrected chi connectivity index (χ3v) is 7.28. The van der Waals surface area contributed by atoms with Crippen molar-refractivity contribution in [2.75, 3.05) is 18.3 Å². The Hall–Kier alpha value is -3.29. The molecule has 0 aliphatic carbocycles. The molecule has 0 atom stereocenters. The van der Waals surface area contributed by atoms with Crippen molar-refractivity contribution in [2.45, 2.75) is 25.2 Å². The van der Waals surface area contributed by atoms with Crippen LogP contribution in [0.25, 0.3) is 0 Å². The van der Waals surface area contributed by atoms with E-state index in [1.165, 1.54) is 24.4 Å². The van der Waals surface area contributed by atoms with Gasteiger partial charge in [0.1, 0.15) is 10.7 Å². The number of carbonyl (C=O) groups excluding carboxylic acids is 2. The van der Waals surface area contributed by atoms with Gasteiger partial charge < -0.3 is 18.7 Å². The molecule has 34 heavy (non-hydrogen) atoms. The van der Waals surface area contributed by atoms with E-state index < -0.39 is 22.0 Å². The first kappa shape index (κ1) is 23.9. The maximum absolute atomic E-state index is 13.4. The summed E-state index contributed by atoms with van der Waals surface area (Å²) in [6.07, 6.45) is 0.164. The summed E-state index contributed by atoms with van der Waals surface area (Å²) in [7, 11) is -4.20. The van der Waals surface area contributed by atoms with E-state index >= 15 is 0 Å². The third-order valence-electron chi connectivity index (χ3n) is 4.70. The Bertz CT molecular complexity index is 1340. The summed E-state index contributed by atoms with van der Waals surface area (Å²) in [5.74, 6) is 0.0437. The molecule has 0 saturated heterocycles. The Labute approximate surface area is 203 Å². The van der Waals surface area contributed by atoms with Crippen molar-refractivity contribution in [3.63, 3.8) is 0 Å². The number of sulfonamides is 1. The van der Waals surface area contributed by atoms with Gasteiger partial charge in [0.15, 0.2) is 11.5 Å². The molecule has 4 rings (SSSR count). The monoisotopic (exact) mass is 527 g/mol. The molecular weight excluding hydrogens is 510 g/mol. The second-order valence-electron chi connectivity index (χ2n) is 7.02. The lowest BCUT2D eigenvalue weighted by molar-refractivity contribution is -0.140. The van der Waals surface area contributed by atoms with Crippen molar-refractivity contribution in [2.24, 2.45) is 0 Å². The van der Waals surface area contributed by atoms with Crippen LogP contribution in [-0.2, 0) is 26.0 Å². The molecule has 2 aromatic heterocycles. The van der Waals surface area contributed by atoms with Crippen LogP contribution in [0.5, 0.6) is 11.5 Å². The molecule has 14 heteroatoms. The number of fused-ring (bicyclic) bond motifs is 1. The second-order valence-corrected chi connectivity index (χ2v) is 9.86. The highest BCUT2D eigenvalue weighted by Crippen LogP contribution is 2.43. The lowest BCUT2D eigenvalue weighted by Crippen LogP contribution is -2.40. The number of thiophene rings is 1. The number of aromatic nitrogens is 1. The van der Waals surface area contributed by atoms with E-state index in [4.69, 9.17) is 30.3 Å². The van der Waals surface area contributed by atoms with Gasteiger partial charge >= 0.3 is 12.0 Å². The van der Waals surface area contributed by atoms with E-state index in [0.717, 1.165) is 16.2 Å². The molecule has 2 amide bonds. The van der Waals surface area contributed by atoms with E-state index in [1.807, 2.05) is 4.72 Å². The van der Waals surface area contributed by atoms with Crippen LogP contribution in [0.1, 0.15) is 18.2 Å². The quantitative estimate of drug-likeness (QED) is 0.455. The fraction of sp³-hybridized carbons (Fsp3) is 0.250. The molecule has 0 saturated carbocycles. The molecule has 0 bridgehead atoms. The number of benzene rings is 1. The maximum Gasteiger partial charge on any atom is 0.342 e. The summed E-state index contributed by atoms with van der Waals surface area (Å²) in [5, 5.41) is 6.74. The summed E-state index contributed by atoms with van der Waals surface area (Å²) in [5.41, 5.74) is 0.934. The largest absolute Gasteiger partial charge is 0.466 e. The molecule has 1 aliphatic heterocycles. The minimum Gasteiger partial charge on any atom is -0.466 e. The number of nitrogens with one attached hydrogen (secondary N) is 1. The number of rotatable bonds is 7. The van der Waals surface area contributed by atoms with Crippen LogP contribution in [0, 0.1) is 6.92 Å². The van der Waals surface area contributed by atoms with Crippen molar-refractivity contribution < 1.29 is 36.7 Å². The Kier molecular flexibility index (Phi) is 6.68. The van der Waals surface area contributed by atoms with Crippen molar-refractivity contribution in [3.8, 4) is 11.5 Å². The van der Waals surface area contributed by atoms with Gasteiger partial charge in [0.05, 0.1) is 17.2 Å². The predicted molar refractivity (Wildman–Crippen MR) is 121 cm³/mol. The summed E-state index contributed by atoms with van der Waals surface area (Å²) in [6.45, 7) is 2.79. The van der Waals surface area contributed by atoms with Crippen LogP contribution in [0.2, 0.25) is 5.02 Å². The number of anilines is 2. The zero-order valence-electron chi connectivity index (χ0n) is 17.9. The van der Waals surface area contributed by atoms with Crippen molar-refractivity contribution >= 4 is 56.5 Å². The van der Waals surface area contributed by atoms with Gasteiger partial charge in [-0.15, -0.1) is 0 Å². The third kappa shape index (κ3) is 4.81. The number of nitrogens with zero attached hydrogens (tertiary/aromatic N) is 2. The fourth-order valence-electron chi connectivity index (χ4n) is 3.11. The maximum atomic E-state index is 13.4. The standard InChI is InChI=1S/C20H18ClN3O8S2/c1-11-18(21)19(32-22-11)24(20(26)23-34(27,28)14-4-6-33-9-14)15-8-17-16(30-10-31-17)7-13(15)3-5-29-12(2)25/h4,6-9H,3,5,10H2,1-2H3,(H,23,26). The molecule has 1 N–H and O–H groups in total. The number of carbonyl (C=O) groups is 2. The van der Waals surface area contributed by atoms with Crippen molar-refractivity contribution in [1.82, 2.24) is 9.88 Å². The lowest BCUT2D eigenvalue weighted by Gasteiger charge is -2.23. The molecule has 11 nitrogen and oxygen atoms in total. The van der Waals surface area contributed by atoms with Gasteiger partial charge in [-0.25, -0.2) is 22.8 Å². The zero-order chi connectivity index (χ0) is 24.5. The number of amides is 2. The molecule has 1 aromatic carbocycles. The van der Waals surface area contributed by atoms with Crippen molar-refractivity contribution in [1.29, 1.82) is 0 Å². The number of hydrogen-bond acceptors (Lipinski definition) is 10. The highest BCUT2D eigenvalue weighted by molar-refractivity contribution is 7.90. The number of halogens is 1. The minimum absolute atomic E-state index is 0.00615. The molecule has 3 aromatic rings. The molecule has 0 spiro atoms. The number of urea groups is 1. The van der Waals surface area contributed by atoms with E-state index in [2.05, 4.69) is 5.16 Å². The first-order chi connectivity index (χ1) is 16.2. The number of hydrogen-bond donors (Lipinski definition) is 1. The molecular formula is C20H18ClN3O8S2. The number of esters is 1. The normalized spacial score (nSPS) is 12.4. The van der Waals surface area contributed by atoms with Crippen LogP contribution >= 0.6 is 22.9 Å². The van der Waals surface area contributed by atoms with E-state index in [0.29, 0.717) is 17.1 Å². The van der Waals surface area contributed by atoms with Crippen LogP contribution in [0.4, 0.5) is 16.4 Å². The van der Waals surface area contributed by atoms with Crippen LogP contribution in [0.3, 0.4) is 0 Å². The fourth-order valence-corrected chi connectivity index (χ4v) is 5.22. The van der Waals surface area contributed by atoms with E-state index in [9.17, 15) is 18.0 Å². The van der Waals surface area contributed by atoms with Crippen LogP contribution in [0.15, 0.2) is 38.4 Å². The molecule has 0 radical (unpaired) electrons. The summed E-state index contributed by atoms with van der Waals surface area (Å²) in [6, 6.07) is 3.38. The SMILES string of the molecule is CC(=O)OCCc1cc2c(cc1N(C(=O)NS(=O)(=O)c1ccsc1)c1onc(C)c1Cl)OCO2. The van der Waals surface area contributed by atoms with Crippen LogP contribution < -0.4 is 19.1 Å². The average Bonchev–Trinajstić information content (AvgIpc) is 3.52. The van der Waals surface area contributed by atoms with Crippen LogP contribution in [-0.4, -0.2) is 39.0 Å². The Morgan fingerprint density at radius 2 is 2.03 bits per heavy atom. The van der Waals surface area contributed by atoms with Gasteiger partial charge in [-0.05, 0) is 30.0 Å². The smallest absolute Gasteiger partial charge is 0.342 e. The molecule has 1 aliphatic rings. The first-order valence-corrected chi connectivity index (χ1v) is 12.5. The van der Waals surface area contributed by atoms with Gasteiger partial charge in [0.2, 0.25) is 6.79 Å². The van der Waals surface area contributed by atoms with Crippen molar-refractivity contribution in [3.05, 3.63) is 45.2 Å². The Balaban J connectivity index is 1.80. The molecule has 180 valence electrons. The molecule has 3 heterocycles. The summed E-state index contributed by atoms with van der Waals surface area (Å²) < 4.78 is 48.7. The number of aryl methyl sites for hydroxylation is 1. The Morgan fingerprint density at radius 1 is 1.29 bits per heavy atom. The Morgan fingerprint density at radius 3 is 2.65 bits per heavy atom. The van der Waals surface area contributed by atoms with E-state index in [-0.39, 0.29) is 47.0 Å². The average molecular weight is 528 g/mol. The van der Waals surface area contributed by atoms with E-state index in [1.54, 1.807) is 18.4 Å². The second kappa shape index (κ2) is 9.52. The van der Waals surface area contributed by atoms with Gasteiger partial charge in [-0.2, -0.15) is 11.3 Å². The van der Waals surface area contributed by atoms with Gasteiger partial charge in [0, 0.05) is 24.8 Å². The van der Waals surface area contributed by atoms with Gasteiger partial charge in [0.25, 0.3) is 15.9 Å². The van der Waals surface area contributed by atoms with Gasteiger partial charge in [-0.3, -0.25) is 4.79 Å². The summed E-state index contributed by atoms with van der Waals surface area (Å²) in [4.78, 5) is 25.5. The number of ether oxygens (including phenoxy) is 3. The summed E-state index contributed by atoms with van der Waals surface area (Å²) >= 11 is 7.50. The highest BCUT2D eigenvalue weighted by Gasteiger charge is 2.33. The van der Waals surface area contributed by atoms with Gasteiger partial charge in [-0.1, -0.05) is 16.8 Å². The predicted octanol–water partition coefficient (Wildman–Crippen LogP) is 3.77. The minimum atomic E-state index is -4.20. The molecule has 0 unspecified atom stereocenters. The first-order valence-electron chi connectivity index (χ1n) is 9.74. The lowest BCUT2D eigenvalue weighted by atomic mass is 10.1. The zero-order valence-corrected chi connectivity index (χ0v) is 20.3. The topological polar surface area (TPSA) is 137 Å². The molecule has 0 fully saturated rings.